The molecule has 0 saturated carbocycles. The monoisotopic (exact) mass is 412 g/mol. The van der Waals surface area contributed by atoms with E-state index in [0.717, 1.165) is 27.0 Å². The Bertz CT molecular complexity index is 1210. The number of halogens is 1. The van der Waals surface area contributed by atoms with E-state index in [9.17, 15) is 23.9 Å². The van der Waals surface area contributed by atoms with Crippen LogP contribution in [0.4, 0.5) is 10.1 Å². The molecule has 8 nitrogen and oxygen atoms in total. The number of nitrogens with zero attached hydrogens (tertiary/aromatic N) is 4. The summed E-state index contributed by atoms with van der Waals surface area (Å²) < 4.78 is 16.3. The molecule has 0 saturated heterocycles. The summed E-state index contributed by atoms with van der Waals surface area (Å²) in [5, 5.41) is 12.9. The van der Waals surface area contributed by atoms with Crippen LogP contribution < -0.4 is 25.8 Å². The summed E-state index contributed by atoms with van der Waals surface area (Å²) in [7, 11) is 6.18. The number of Topliss-reactive ketones (excluding diaryl/α,β-unsaturated/α-hetero) is 1. The molecule has 1 unspecified atom stereocenters. The molecule has 3 rings (SSSR count). The van der Waals surface area contributed by atoms with Crippen LogP contribution >= 0.6 is 0 Å². The van der Waals surface area contributed by atoms with Crippen LogP contribution in [0.25, 0.3) is 0 Å². The van der Waals surface area contributed by atoms with Crippen LogP contribution in [0.2, 0.25) is 0 Å². The van der Waals surface area contributed by atoms with Gasteiger partial charge in [0, 0.05) is 51.6 Å². The average molecular weight is 412 g/mol. The molecule has 0 spiro atoms. The quantitative estimate of drug-likeness (QED) is 0.439. The molecule has 9 heteroatoms. The molecule has 3 aromatic rings. The largest absolute Gasteiger partial charge is 0.859 e. The molecule has 0 aliphatic heterocycles. The minimum atomic E-state index is -1.33. The zero-order chi connectivity index (χ0) is 22.2. The number of benzene rings is 1. The first-order valence-corrected chi connectivity index (χ1v) is 9.08. The molecule has 0 bridgehead atoms. The Morgan fingerprint density at radius 2 is 1.60 bits per heavy atom. The molecule has 2 heterocycles. The maximum absolute atomic E-state index is 13.4. The molecule has 0 aliphatic carbocycles. The van der Waals surface area contributed by atoms with Crippen LogP contribution in [0.5, 0.6) is 5.88 Å². The molecule has 1 aromatic carbocycles. The van der Waals surface area contributed by atoms with E-state index in [1.54, 1.807) is 24.5 Å². The predicted octanol–water partition coefficient (Wildman–Crippen LogP) is 0.123. The summed E-state index contributed by atoms with van der Waals surface area (Å²) in [6.07, 6.45) is 3.15. The van der Waals surface area contributed by atoms with Crippen LogP contribution in [0.1, 0.15) is 22.0 Å². The van der Waals surface area contributed by atoms with Crippen LogP contribution in [0.15, 0.2) is 58.4 Å². The number of carbonyl (C=O) groups excluding carboxylic acids is 1. The first kappa shape index (κ1) is 21.0. The Labute approximate surface area is 171 Å². The number of aromatic nitrogens is 3. The number of ketones is 1. The van der Waals surface area contributed by atoms with Gasteiger partial charge in [-0.1, -0.05) is 0 Å². The van der Waals surface area contributed by atoms with E-state index >= 15 is 0 Å². The van der Waals surface area contributed by atoms with Gasteiger partial charge in [-0.25, -0.2) is 9.18 Å². The van der Waals surface area contributed by atoms with Crippen LogP contribution in [-0.2, 0) is 14.1 Å². The van der Waals surface area contributed by atoms with Crippen molar-refractivity contribution in [3.63, 3.8) is 0 Å². The molecule has 2 aromatic heterocycles. The van der Waals surface area contributed by atoms with Crippen molar-refractivity contribution in [3.8, 4) is 5.88 Å². The fourth-order valence-corrected chi connectivity index (χ4v) is 3.17. The summed E-state index contributed by atoms with van der Waals surface area (Å²) in [6, 6.07) is 6.95. The van der Waals surface area contributed by atoms with Crippen molar-refractivity contribution < 1.29 is 18.9 Å². The van der Waals surface area contributed by atoms with Gasteiger partial charge in [-0.2, -0.15) is 4.57 Å². The molecular weight excluding hydrogens is 391 g/mol. The number of carbonyl (C=O) groups is 1. The second kappa shape index (κ2) is 7.94. The van der Waals surface area contributed by atoms with E-state index in [1.165, 1.54) is 30.8 Å². The first-order valence-electron chi connectivity index (χ1n) is 9.08. The molecule has 1 atom stereocenters. The van der Waals surface area contributed by atoms with Crippen molar-refractivity contribution >= 4 is 11.5 Å². The summed E-state index contributed by atoms with van der Waals surface area (Å²) in [4.78, 5) is 40.2. The van der Waals surface area contributed by atoms with Gasteiger partial charge in [-0.05, 0) is 30.1 Å². The lowest BCUT2D eigenvalue weighted by Gasteiger charge is -2.21. The summed E-state index contributed by atoms with van der Waals surface area (Å²) in [5.41, 5.74) is -1.03. The lowest BCUT2D eigenvalue weighted by Crippen LogP contribution is -2.50. The van der Waals surface area contributed by atoms with Gasteiger partial charge in [0.05, 0.1) is 0 Å². The fraction of sp³-hybridized carbons (Fsp3) is 0.238. The average Bonchev–Trinajstić information content (AvgIpc) is 2.74. The highest BCUT2D eigenvalue weighted by atomic mass is 19.1. The minimum Gasteiger partial charge on any atom is -0.859 e. The third-order valence-corrected chi connectivity index (χ3v) is 4.94. The zero-order valence-electron chi connectivity index (χ0n) is 17.0. The SMILES string of the molecule is CN(C)c1cc[n+](C(C(=O)c2ccc(F)cc2)c2c([O-])n(C)c(=O)n(C)c2=O)cc1. The molecule has 30 heavy (non-hydrogen) atoms. The van der Waals surface area contributed by atoms with Gasteiger partial charge < -0.3 is 14.6 Å². The molecular formula is C21H21FN4O4. The van der Waals surface area contributed by atoms with Crippen molar-refractivity contribution in [2.24, 2.45) is 14.1 Å². The van der Waals surface area contributed by atoms with E-state index in [1.807, 2.05) is 19.0 Å². The Kier molecular flexibility index (Phi) is 5.55. The van der Waals surface area contributed by atoms with Crippen molar-refractivity contribution in [2.45, 2.75) is 6.04 Å². The minimum absolute atomic E-state index is 0.126. The van der Waals surface area contributed by atoms with E-state index in [0.29, 0.717) is 0 Å². The highest BCUT2D eigenvalue weighted by Gasteiger charge is 2.35. The Morgan fingerprint density at radius 1 is 1.03 bits per heavy atom. The fourth-order valence-electron chi connectivity index (χ4n) is 3.17. The second-order valence-corrected chi connectivity index (χ2v) is 7.10. The summed E-state index contributed by atoms with van der Waals surface area (Å²) >= 11 is 0. The van der Waals surface area contributed by atoms with E-state index in [2.05, 4.69) is 0 Å². The van der Waals surface area contributed by atoms with Gasteiger partial charge in [0.1, 0.15) is 11.4 Å². The lowest BCUT2D eigenvalue weighted by molar-refractivity contribution is -0.699. The predicted molar refractivity (Wildman–Crippen MR) is 106 cm³/mol. The van der Waals surface area contributed by atoms with Crippen LogP contribution in [-0.4, -0.2) is 29.0 Å². The zero-order valence-corrected chi connectivity index (χ0v) is 17.0. The highest BCUT2D eigenvalue weighted by Crippen LogP contribution is 2.21. The molecule has 0 aliphatic rings. The van der Waals surface area contributed by atoms with Gasteiger partial charge in [-0.3, -0.25) is 14.2 Å². The van der Waals surface area contributed by atoms with E-state index < -0.39 is 34.8 Å². The Balaban J connectivity index is 2.28. The second-order valence-electron chi connectivity index (χ2n) is 7.10. The molecule has 156 valence electrons. The van der Waals surface area contributed by atoms with Gasteiger partial charge in [0.25, 0.3) is 11.6 Å². The van der Waals surface area contributed by atoms with Gasteiger partial charge >= 0.3 is 5.69 Å². The van der Waals surface area contributed by atoms with Crippen molar-refractivity contribution in [3.05, 3.63) is 86.6 Å². The van der Waals surface area contributed by atoms with Crippen LogP contribution in [0, 0.1) is 5.82 Å². The normalized spacial score (nSPS) is 11.9. The van der Waals surface area contributed by atoms with Crippen LogP contribution in [0.3, 0.4) is 0 Å². The standard InChI is InChI=1S/C21H21FN4O4/c1-23(2)15-9-11-26(12-10-15)17(18(27)13-5-7-14(22)8-6-13)16-19(28)24(3)21(30)25(4)20(16)29/h5-12,17H,1-4H3. The van der Waals surface area contributed by atoms with Crippen molar-refractivity contribution in [1.29, 1.82) is 0 Å². The topological polar surface area (TPSA) is 91.2 Å². The van der Waals surface area contributed by atoms with Gasteiger partial charge in [0.2, 0.25) is 5.78 Å². The maximum atomic E-state index is 13.4. The third-order valence-electron chi connectivity index (χ3n) is 4.94. The maximum Gasteiger partial charge on any atom is 0.329 e. The summed E-state index contributed by atoms with van der Waals surface area (Å²) in [5.74, 6) is -1.95. The number of hydrogen-bond acceptors (Lipinski definition) is 5. The first-order chi connectivity index (χ1) is 14.1. The Morgan fingerprint density at radius 3 is 2.13 bits per heavy atom. The van der Waals surface area contributed by atoms with Crippen molar-refractivity contribution in [1.82, 2.24) is 9.13 Å². The third kappa shape index (κ3) is 3.61. The smallest absolute Gasteiger partial charge is 0.329 e. The van der Waals surface area contributed by atoms with E-state index in [-0.39, 0.29) is 11.1 Å². The highest BCUT2D eigenvalue weighted by molar-refractivity contribution is 6.00. The number of rotatable bonds is 5. The summed E-state index contributed by atoms with van der Waals surface area (Å²) in [6.45, 7) is 0. The molecule has 0 amide bonds. The van der Waals surface area contributed by atoms with E-state index in [4.69, 9.17) is 0 Å². The molecule has 0 fully saturated rings. The van der Waals surface area contributed by atoms with Crippen molar-refractivity contribution in [2.75, 3.05) is 19.0 Å². The number of anilines is 1. The van der Waals surface area contributed by atoms with Gasteiger partial charge in [-0.15, -0.1) is 0 Å². The lowest BCUT2D eigenvalue weighted by atomic mass is 9.98. The number of hydrogen-bond donors (Lipinski definition) is 0. The van der Waals surface area contributed by atoms with Gasteiger partial charge in [0.15, 0.2) is 12.4 Å². The number of pyridine rings is 1. The molecule has 0 radical (unpaired) electrons. The molecule has 0 N–H and O–H groups in total. The Hall–Kier alpha value is -3.75.